The summed E-state index contributed by atoms with van der Waals surface area (Å²) in [4.78, 5) is 10.3. The fourth-order valence-electron chi connectivity index (χ4n) is 1.42. The molecule has 0 radical (unpaired) electrons. The quantitative estimate of drug-likeness (QED) is 0.641. The summed E-state index contributed by atoms with van der Waals surface area (Å²) in [6, 6.07) is 3.98. The second-order valence-corrected chi connectivity index (χ2v) is 3.73. The number of methoxy groups -OCH3 is 1. The zero-order valence-electron chi connectivity index (χ0n) is 10.2. The Hall–Kier alpha value is -2.03. The molecule has 0 aliphatic heterocycles. The van der Waals surface area contributed by atoms with E-state index in [4.69, 9.17) is 9.84 Å². The largest absolute Gasteiger partial charge is 0.496 e. The van der Waals surface area contributed by atoms with E-state index in [1.165, 1.54) is 17.2 Å². The zero-order chi connectivity index (χ0) is 12.8. The van der Waals surface area contributed by atoms with Crippen LogP contribution in [0.4, 0.5) is 0 Å². The van der Waals surface area contributed by atoms with Gasteiger partial charge in [-0.3, -0.25) is 0 Å². The van der Waals surface area contributed by atoms with Crippen LogP contribution in [0, 0.1) is 13.8 Å². The maximum absolute atomic E-state index is 10.3. The molecule has 3 nitrogen and oxygen atoms in total. The first-order valence-electron chi connectivity index (χ1n) is 5.27. The van der Waals surface area contributed by atoms with E-state index in [1.807, 2.05) is 32.1 Å². The number of aliphatic carboxylic acids is 1. The number of carboxylic acids is 1. The fourth-order valence-corrected chi connectivity index (χ4v) is 1.42. The van der Waals surface area contributed by atoms with E-state index in [2.05, 4.69) is 0 Å². The molecule has 90 valence electrons. The van der Waals surface area contributed by atoms with E-state index in [-0.39, 0.29) is 0 Å². The van der Waals surface area contributed by atoms with Crippen molar-refractivity contribution in [1.82, 2.24) is 0 Å². The number of aryl methyl sites for hydroxylation is 2. The highest BCUT2D eigenvalue weighted by molar-refractivity contribution is 5.80. The molecule has 0 saturated heterocycles. The minimum absolute atomic E-state index is 0.785. The lowest BCUT2D eigenvalue weighted by atomic mass is 10.0. The third-order valence-electron chi connectivity index (χ3n) is 2.47. The minimum atomic E-state index is -0.957. The van der Waals surface area contributed by atoms with Crippen LogP contribution in [0.1, 0.15) is 16.7 Å². The molecule has 3 heteroatoms. The van der Waals surface area contributed by atoms with Crippen LogP contribution in [0.3, 0.4) is 0 Å². The van der Waals surface area contributed by atoms with E-state index in [0.717, 1.165) is 17.4 Å². The van der Waals surface area contributed by atoms with Gasteiger partial charge < -0.3 is 9.84 Å². The maximum atomic E-state index is 10.3. The van der Waals surface area contributed by atoms with Crippen LogP contribution in [-0.4, -0.2) is 18.2 Å². The third kappa shape index (κ3) is 3.79. The molecule has 17 heavy (non-hydrogen) atoms. The Morgan fingerprint density at radius 3 is 2.47 bits per heavy atom. The van der Waals surface area contributed by atoms with Gasteiger partial charge in [0.05, 0.1) is 7.11 Å². The normalized spacial score (nSPS) is 11.2. The molecule has 1 N–H and O–H groups in total. The number of benzene rings is 1. The van der Waals surface area contributed by atoms with E-state index in [9.17, 15) is 4.79 Å². The Morgan fingerprint density at radius 2 is 1.88 bits per heavy atom. The second-order valence-electron chi connectivity index (χ2n) is 3.73. The van der Waals surface area contributed by atoms with Crippen LogP contribution in [0.15, 0.2) is 30.4 Å². The lowest BCUT2D eigenvalue weighted by Gasteiger charge is -2.08. The monoisotopic (exact) mass is 232 g/mol. The highest BCUT2D eigenvalue weighted by Gasteiger charge is 2.02. The van der Waals surface area contributed by atoms with Crippen molar-refractivity contribution in [3.8, 4) is 5.75 Å². The molecule has 0 aliphatic carbocycles. The van der Waals surface area contributed by atoms with Gasteiger partial charge in [-0.1, -0.05) is 18.2 Å². The molecule has 1 rings (SSSR count). The molecular weight excluding hydrogens is 216 g/mol. The standard InChI is InChI=1S/C14H16O3/c1-10-8-12(6-4-5-7-14(15)16)13(17-3)9-11(10)2/h4-9H,1-3H3,(H,15,16)/b6-4+,7-5+. The van der Waals surface area contributed by atoms with Gasteiger partial charge in [-0.25, -0.2) is 4.79 Å². The predicted molar refractivity (Wildman–Crippen MR) is 68.3 cm³/mol. The molecule has 0 heterocycles. The lowest BCUT2D eigenvalue weighted by Crippen LogP contribution is -1.90. The summed E-state index contributed by atoms with van der Waals surface area (Å²) in [7, 11) is 1.62. The smallest absolute Gasteiger partial charge is 0.328 e. The first-order chi connectivity index (χ1) is 8.04. The highest BCUT2D eigenvalue weighted by atomic mass is 16.5. The number of allylic oxidation sites excluding steroid dienone is 2. The van der Waals surface area contributed by atoms with Crippen LogP contribution >= 0.6 is 0 Å². The minimum Gasteiger partial charge on any atom is -0.496 e. The van der Waals surface area contributed by atoms with E-state index in [0.29, 0.717) is 0 Å². The molecule has 0 saturated carbocycles. The lowest BCUT2D eigenvalue weighted by molar-refractivity contribution is -0.131. The second kappa shape index (κ2) is 5.89. The van der Waals surface area contributed by atoms with Gasteiger partial charge in [0, 0.05) is 11.6 Å². The average molecular weight is 232 g/mol. The van der Waals surface area contributed by atoms with Crippen molar-refractivity contribution >= 4 is 12.0 Å². The highest BCUT2D eigenvalue weighted by Crippen LogP contribution is 2.24. The summed E-state index contributed by atoms with van der Waals surface area (Å²) >= 11 is 0. The van der Waals surface area contributed by atoms with E-state index < -0.39 is 5.97 Å². The van der Waals surface area contributed by atoms with Gasteiger partial charge in [0.1, 0.15) is 5.75 Å². The van der Waals surface area contributed by atoms with Crippen LogP contribution in [0.2, 0.25) is 0 Å². The van der Waals surface area contributed by atoms with Crippen molar-refractivity contribution in [2.45, 2.75) is 13.8 Å². The van der Waals surface area contributed by atoms with Gasteiger partial charge in [0.2, 0.25) is 0 Å². The third-order valence-corrected chi connectivity index (χ3v) is 2.47. The summed E-state index contributed by atoms with van der Waals surface area (Å²) in [6.07, 6.45) is 6.08. The van der Waals surface area contributed by atoms with Crippen LogP contribution < -0.4 is 4.74 Å². The summed E-state index contributed by atoms with van der Waals surface area (Å²) in [6.45, 7) is 4.05. The Kier molecular flexibility index (Phi) is 4.52. The van der Waals surface area contributed by atoms with Gasteiger partial charge in [-0.15, -0.1) is 0 Å². The molecule has 0 unspecified atom stereocenters. The molecule has 1 aromatic carbocycles. The van der Waals surface area contributed by atoms with Crippen LogP contribution in [0.5, 0.6) is 5.75 Å². The first kappa shape index (κ1) is 13.0. The Bertz CT molecular complexity index is 471. The van der Waals surface area contributed by atoms with Crippen LogP contribution in [-0.2, 0) is 4.79 Å². The predicted octanol–water partition coefficient (Wildman–Crippen LogP) is 2.97. The van der Waals surface area contributed by atoms with Crippen LogP contribution in [0.25, 0.3) is 6.08 Å². The zero-order valence-corrected chi connectivity index (χ0v) is 10.2. The van der Waals surface area contributed by atoms with Crippen molar-refractivity contribution in [2.24, 2.45) is 0 Å². The van der Waals surface area contributed by atoms with Crippen molar-refractivity contribution in [2.75, 3.05) is 7.11 Å². The number of carbonyl (C=O) groups is 1. The van der Waals surface area contributed by atoms with Gasteiger partial charge in [-0.2, -0.15) is 0 Å². The van der Waals surface area contributed by atoms with Crippen molar-refractivity contribution in [3.63, 3.8) is 0 Å². The fraction of sp³-hybridized carbons (Fsp3) is 0.214. The SMILES string of the molecule is COc1cc(C)c(C)cc1/C=C/C=C/C(=O)O. The summed E-state index contributed by atoms with van der Waals surface area (Å²) < 4.78 is 5.27. The Morgan fingerprint density at radius 1 is 1.24 bits per heavy atom. The van der Waals surface area contributed by atoms with Gasteiger partial charge in [0.25, 0.3) is 0 Å². The van der Waals surface area contributed by atoms with E-state index in [1.54, 1.807) is 13.2 Å². The van der Waals surface area contributed by atoms with E-state index >= 15 is 0 Å². The number of hydrogen-bond donors (Lipinski definition) is 1. The van der Waals surface area contributed by atoms with Crippen molar-refractivity contribution in [1.29, 1.82) is 0 Å². The van der Waals surface area contributed by atoms with Crippen molar-refractivity contribution < 1.29 is 14.6 Å². The molecule has 0 aliphatic rings. The Balaban J connectivity index is 2.97. The summed E-state index contributed by atoms with van der Waals surface area (Å²) in [5.41, 5.74) is 3.28. The number of rotatable bonds is 4. The molecule has 0 aromatic heterocycles. The van der Waals surface area contributed by atoms with Gasteiger partial charge in [-0.05, 0) is 37.1 Å². The summed E-state index contributed by atoms with van der Waals surface area (Å²) in [5.74, 6) is -0.172. The molecule has 0 fully saturated rings. The number of carboxylic acid groups (broad SMARTS) is 1. The number of ether oxygens (including phenoxy) is 1. The van der Waals surface area contributed by atoms with Gasteiger partial charge >= 0.3 is 5.97 Å². The summed E-state index contributed by atoms with van der Waals surface area (Å²) in [5, 5.41) is 8.45. The Labute approximate surface area is 101 Å². The molecule has 1 aromatic rings. The van der Waals surface area contributed by atoms with Crippen molar-refractivity contribution in [3.05, 3.63) is 47.1 Å². The topological polar surface area (TPSA) is 46.5 Å². The molecule has 0 bridgehead atoms. The molecule has 0 atom stereocenters. The molecule has 0 amide bonds. The molecule has 0 spiro atoms. The maximum Gasteiger partial charge on any atom is 0.328 e. The first-order valence-corrected chi connectivity index (χ1v) is 5.27. The van der Waals surface area contributed by atoms with Gasteiger partial charge in [0.15, 0.2) is 0 Å². The molecular formula is C14H16O3. The number of hydrogen-bond acceptors (Lipinski definition) is 2. The average Bonchev–Trinajstić information content (AvgIpc) is 2.28.